The third-order valence-corrected chi connectivity index (χ3v) is 3.86. The van der Waals surface area contributed by atoms with Crippen LogP contribution < -0.4 is 5.32 Å². The molecule has 1 aromatic heterocycles. The van der Waals surface area contributed by atoms with Crippen LogP contribution in [-0.4, -0.2) is 27.9 Å². The van der Waals surface area contributed by atoms with Gasteiger partial charge in [-0.2, -0.15) is 0 Å². The van der Waals surface area contributed by atoms with Gasteiger partial charge >= 0.3 is 0 Å². The molecule has 6 heteroatoms. The Kier molecular flexibility index (Phi) is 2.80. The Balaban J connectivity index is 1.77. The molecule has 0 spiro atoms. The quantitative estimate of drug-likeness (QED) is 0.761. The Morgan fingerprint density at radius 2 is 2.69 bits per heavy atom. The summed E-state index contributed by atoms with van der Waals surface area (Å²) in [4.78, 5) is 10.9. The Bertz CT molecular complexity index is 288. The van der Waals surface area contributed by atoms with Gasteiger partial charge < -0.3 is 5.32 Å². The van der Waals surface area contributed by atoms with Gasteiger partial charge in [0.1, 0.15) is 5.51 Å². The molecule has 1 aliphatic rings. The van der Waals surface area contributed by atoms with E-state index in [9.17, 15) is 4.79 Å². The van der Waals surface area contributed by atoms with E-state index < -0.39 is 0 Å². The largest absolute Gasteiger partial charge is 0.353 e. The maximum absolute atomic E-state index is 10.9. The first-order valence-corrected chi connectivity index (χ1v) is 5.89. The van der Waals surface area contributed by atoms with Crippen molar-refractivity contribution in [2.75, 3.05) is 5.75 Å². The summed E-state index contributed by atoms with van der Waals surface area (Å²) in [6.07, 6.45) is 1.62. The minimum atomic E-state index is 0.169. The number of hydrogen-bond acceptors (Lipinski definition) is 5. The van der Waals surface area contributed by atoms with E-state index in [0.717, 1.165) is 16.5 Å². The molecular weight excluding hydrogens is 206 g/mol. The zero-order chi connectivity index (χ0) is 9.10. The van der Waals surface area contributed by atoms with Crippen LogP contribution in [0.4, 0.5) is 0 Å². The topological polar surface area (TPSA) is 54.9 Å². The van der Waals surface area contributed by atoms with Crippen molar-refractivity contribution in [3.05, 3.63) is 5.51 Å². The van der Waals surface area contributed by atoms with Crippen LogP contribution in [0.2, 0.25) is 0 Å². The summed E-state index contributed by atoms with van der Waals surface area (Å²) in [7, 11) is 0. The van der Waals surface area contributed by atoms with E-state index in [1.165, 1.54) is 11.3 Å². The summed E-state index contributed by atoms with van der Waals surface area (Å²) in [5, 5.41) is 10.6. The smallest absolute Gasteiger partial charge is 0.220 e. The molecule has 1 aromatic rings. The van der Waals surface area contributed by atoms with Crippen LogP contribution in [0, 0.1) is 0 Å². The Morgan fingerprint density at radius 1 is 1.77 bits per heavy atom. The second-order valence-corrected chi connectivity index (χ2v) is 4.92. The predicted octanol–water partition coefficient (Wildman–Crippen LogP) is 0.909. The highest BCUT2D eigenvalue weighted by Crippen LogP contribution is 2.22. The van der Waals surface area contributed by atoms with Crippen LogP contribution in [0.5, 0.6) is 0 Å². The highest BCUT2D eigenvalue weighted by atomic mass is 32.2. The number of rotatable bonds is 3. The minimum absolute atomic E-state index is 0.169. The van der Waals surface area contributed by atoms with E-state index in [0.29, 0.717) is 12.5 Å². The maximum atomic E-state index is 10.9. The molecule has 0 bridgehead atoms. The molecule has 1 aliphatic heterocycles. The molecule has 1 amide bonds. The first-order valence-electron chi connectivity index (χ1n) is 4.03. The van der Waals surface area contributed by atoms with Gasteiger partial charge in [0.2, 0.25) is 5.91 Å². The standard InChI is InChI=1S/C7H9N3OS2/c11-6-2-1-5(9-6)3-12-7-10-8-4-13-7/h4-5H,1-3H2,(H,9,11). The van der Waals surface area contributed by atoms with Crippen molar-refractivity contribution in [2.45, 2.75) is 23.2 Å². The van der Waals surface area contributed by atoms with Crippen LogP contribution in [0.15, 0.2) is 9.85 Å². The van der Waals surface area contributed by atoms with Gasteiger partial charge in [0.25, 0.3) is 0 Å². The SMILES string of the molecule is O=C1CCC(CSc2nncs2)N1. The second kappa shape index (κ2) is 4.06. The van der Waals surface area contributed by atoms with Crippen LogP contribution in [0.3, 0.4) is 0 Å². The van der Waals surface area contributed by atoms with Crippen LogP contribution in [-0.2, 0) is 4.79 Å². The van der Waals surface area contributed by atoms with Crippen molar-refractivity contribution < 1.29 is 4.79 Å². The van der Waals surface area contributed by atoms with E-state index in [1.54, 1.807) is 17.3 Å². The van der Waals surface area contributed by atoms with Gasteiger partial charge in [-0.25, -0.2) is 0 Å². The fourth-order valence-corrected chi connectivity index (χ4v) is 2.78. The van der Waals surface area contributed by atoms with Gasteiger partial charge in [0, 0.05) is 18.2 Å². The monoisotopic (exact) mass is 215 g/mol. The Labute approximate surface area is 84.1 Å². The lowest BCUT2D eigenvalue weighted by Gasteiger charge is -2.06. The molecule has 0 radical (unpaired) electrons. The zero-order valence-electron chi connectivity index (χ0n) is 6.90. The van der Waals surface area contributed by atoms with Crippen molar-refractivity contribution >= 4 is 29.0 Å². The number of nitrogens with one attached hydrogen (secondary N) is 1. The molecule has 13 heavy (non-hydrogen) atoms. The molecule has 4 nitrogen and oxygen atoms in total. The second-order valence-electron chi connectivity index (χ2n) is 2.82. The molecule has 1 unspecified atom stereocenters. The maximum Gasteiger partial charge on any atom is 0.220 e. The van der Waals surface area contributed by atoms with Gasteiger partial charge in [0.15, 0.2) is 4.34 Å². The van der Waals surface area contributed by atoms with Gasteiger partial charge in [-0.15, -0.1) is 10.2 Å². The lowest BCUT2D eigenvalue weighted by Crippen LogP contribution is -2.27. The number of nitrogens with zero attached hydrogens (tertiary/aromatic N) is 2. The van der Waals surface area contributed by atoms with Crippen LogP contribution in [0.25, 0.3) is 0 Å². The van der Waals surface area contributed by atoms with E-state index >= 15 is 0 Å². The Morgan fingerprint density at radius 3 is 3.31 bits per heavy atom. The third-order valence-electron chi connectivity index (χ3n) is 1.83. The molecule has 1 N–H and O–H groups in total. The van der Waals surface area contributed by atoms with Crippen molar-refractivity contribution in [1.82, 2.24) is 15.5 Å². The van der Waals surface area contributed by atoms with Gasteiger partial charge in [0.05, 0.1) is 0 Å². The van der Waals surface area contributed by atoms with Crippen LogP contribution >= 0.6 is 23.1 Å². The lowest BCUT2D eigenvalue weighted by molar-refractivity contribution is -0.119. The number of aromatic nitrogens is 2. The lowest BCUT2D eigenvalue weighted by atomic mass is 10.2. The van der Waals surface area contributed by atoms with Gasteiger partial charge in [-0.1, -0.05) is 23.1 Å². The summed E-state index contributed by atoms with van der Waals surface area (Å²) in [6, 6.07) is 0.321. The third kappa shape index (κ3) is 2.41. The van der Waals surface area contributed by atoms with E-state index in [-0.39, 0.29) is 5.91 Å². The van der Waals surface area contributed by atoms with Gasteiger partial charge in [-0.3, -0.25) is 4.79 Å². The van der Waals surface area contributed by atoms with E-state index in [1.807, 2.05) is 0 Å². The minimum Gasteiger partial charge on any atom is -0.353 e. The molecule has 2 heterocycles. The molecule has 0 aliphatic carbocycles. The predicted molar refractivity (Wildman–Crippen MR) is 51.8 cm³/mol. The van der Waals surface area contributed by atoms with E-state index in [4.69, 9.17) is 0 Å². The zero-order valence-corrected chi connectivity index (χ0v) is 8.53. The average molecular weight is 215 g/mol. The van der Waals surface area contributed by atoms with E-state index in [2.05, 4.69) is 15.5 Å². The highest BCUT2D eigenvalue weighted by Gasteiger charge is 2.20. The summed E-state index contributed by atoms with van der Waals surface area (Å²) >= 11 is 3.19. The summed E-state index contributed by atoms with van der Waals surface area (Å²) in [5.74, 6) is 1.07. The molecule has 0 saturated carbocycles. The van der Waals surface area contributed by atoms with Crippen molar-refractivity contribution in [2.24, 2.45) is 0 Å². The molecule has 70 valence electrons. The number of carbonyl (C=O) groups is 1. The normalized spacial score (nSPS) is 21.8. The fourth-order valence-electron chi connectivity index (χ4n) is 1.20. The average Bonchev–Trinajstić information content (AvgIpc) is 2.71. The van der Waals surface area contributed by atoms with Crippen molar-refractivity contribution in [3.8, 4) is 0 Å². The molecule has 1 fully saturated rings. The Hall–Kier alpha value is -0.620. The number of thioether (sulfide) groups is 1. The number of amides is 1. The van der Waals surface area contributed by atoms with Gasteiger partial charge in [-0.05, 0) is 6.42 Å². The summed E-state index contributed by atoms with van der Waals surface area (Å²) in [5.41, 5.74) is 1.72. The molecule has 1 saturated heterocycles. The highest BCUT2D eigenvalue weighted by molar-refractivity contribution is 8.01. The molecule has 0 aromatic carbocycles. The number of carbonyl (C=O) groups excluding carboxylic acids is 1. The molecular formula is C7H9N3OS2. The molecule has 1 atom stereocenters. The van der Waals surface area contributed by atoms with Crippen LogP contribution in [0.1, 0.15) is 12.8 Å². The van der Waals surface area contributed by atoms with Crippen molar-refractivity contribution in [1.29, 1.82) is 0 Å². The van der Waals surface area contributed by atoms with Crippen molar-refractivity contribution in [3.63, 3.8) is 0 Å². The summed E-state index contributed by atoms with van der Waals surface area (Å²) < 4.78 is 0.973. The number of hydrogen-bond donors (Lipinski definition) is 1. The first-order chi connectivity index (χ1) is 6.34. The molecule has 2 rings (SSSR count). The first kappa shape index (κ1) is 8.96. The summed E-state index contributed by atoms with van der Waals surface area (Å²) in [6.45, 7) is 0. The fraction of sp³-hybridized carbons (Fsp3) is 0.571.